The van der Waals surface area contributed by atoms with Crippen molar-refractivity contribution in [3.8, 4) is 0 Å². The van der Waals surface area contributed by atoms with E-state index < -0.39 is 24.2 Å². The molecule has 2 aromatic heterocycles. The van der Waals surface area contributed by atoms with Crippen LogP contribution >= 0.6 is 11.6 Å². The molecule has 1 saturated heterocycles. The third-order valence-electron chi connectivity index (χ3n) is 4.78. The molecule has 0 bridgehead atoms. The number of anilines is 1. The summed E-state index contributed by atoms with van der Waals surface area (Å²) in [4.78, 5) is 14.2. The van der Waals surface area contributed by atoms with Gasteiger partial charge in [0, 0.05) is 19.5 Å². The highest BCUT2D eigenvalue weighted by molar-refractivity contribution is 6.36. The number of furan rings is 1. The van der Waals surface area contributed by atoms with E-state index in [-0.39, 0.29) is 23.0 Å². The Hall–Kier alpha value is -2.16. The standard InChI is InChI=1S/C16H16ClF3N4O2/c17-12-13(15(25)23-5-1-2-6-23)22-24-11(16(18,19)20)8-9(21-14(12)24)10-4-3-7-26-10/h3-4,7,9,11,21H,1-2,5-6,8H2/t9-,11-/m0/s1. The summed E-state index contributed by atoms with van der Waals surface area (Å²) < 4.78 is 46.9. The first-order valence-electron chi connectivity index (χ1n) is 8.30. The van der Waals surface area contributed by atoms with Crippen LogP contribution in [0.1, 0.15) is 47.6 Å². The third kappa shape index (κ3) is 2.84. The van der Waals surface area contributed by atoms with Crippen LogP contribution in [0.2, 0.25) is 5.02 Å². The minimum absolute atomic E-state index is 0.0100. The largest absolute Gasteiger partial charge is 0.467 e. The lowest BCUT2D eigenvalue weighted by Gasteiger charge is -2.32. The quantitative estimate of drug-likeness (QED) is 0.843. The zero-order valence-electron chi connectivity index (χ0n) is 13.6. The van der Waals surface area contributed by atoms with Crippen LogP contribution in [-0.4, -0.2) is 39.9 Å². The number of aromatic nitrogens is 2. The molecule has 1 N–H and O–H groups in total. The fourth-order valence-corrected chi connectivity index (χ4v) is 3.73. The zero-order valence-corrected chi connectivity index (χ0v) is 14.3. The second-order valence-corrected chi connectivity index (χ2v) is 6.84. The molecule has 2 atom stereocenters. The fraction of sp³-hybridized carbons (Fsp3) is 0.500. The minimum atomic E-state index is -4.54. The van der Waals surface area contributed by atoms with Crippen LogP contribution in [0.5, 0.6) is 0 Å². The molecule has 1 amide bonds. The van der Waals surface area contributed by atoms with Gasteiger partial charge in [-0.2, -0.15) is 18.3 Å². The first kappa shape index (κ1) is 17.3. The maximum Gasteiger partial charge on any atom is 0.410 e. The Labute approximate surface area is 151 Å². The van der Waals surface area contributed by atoms with Crippen molar-refractivity contribution in [1.82, 2.24) is 14.7 Å². The highest BCUT2D eigenvalue weighted by atomic mass is 35.5. The summed E-state index contributed by atoms with van der Waals surface area (Å²) in [6.07, 6.45) is -1.72. The Morgan fingerprint density at radius 2 is 2.08 bits per heavy atom. The monoisotopic (exact) mass is 388 g/mol. The van der Waals surface area contributed by atoms with E-state index in [1.807, 2.05) is 0 Å². The Kier molecular flexibility index (Phi) is 4.13. The number of halogens is 4. The zero-order chi connectivity index (χ0) is 18.5. The number of alkyl halides is 3. The van der Waals surface area contributed by atoms with Gasteiger partial charge in [0.25, 0.3) is 5.91 Å². The van der Waals surface area contributed by atoms with Gasteiger partial charge in [0.05, 0.1) is 12.3 Å². The Morgan fingerprint density at radius 3 is 2.69 bits per heavy atom. The lowest BCUT2D eigenvalue weighted by molar-refractivity contribution is -0.174. The van der Waals surface area contributed by atoms with Gasteiger partial charge in [-0.15, -0.1) is 0 Å². The highest BCUT2D eigenvalue weighted by Crippen LogP contribution is 2.46. The van der Waals surface area contributed by atoms with E-state index in [0.29, 0.717) is 18.8 Å². The van der Waals surface area contributed by atoms with Gasteiger partial charge in [0.1, 0.15) is 16.6 Å². The van der Waals surface area contributed by atoms with Crippen molar-refractivity contribution in [2.24, 2.45) is 0 Å². The first-order chi connectivity index (χ1) is 12.4. The number of fused-ring (bicyclic) bond motifs is 1. The molecule has 2 aromatic rings. The third-order valence-corrected chi connectivity index (χ3v) is 5.14. The molecule has 0 spiro atoms. The average Bonchev–Trinajstić information content (AvgIpc) is 3.34. The van der Waals surface area contributed by atoms with Gasteiger partial charge < -0.3 is 14.6 Å². The summed E-state index contributed by atoms with van der Waals surface area (Å²) in [5.41, 5.74) is -0.148. The summed E-state index contributed by atoms with van der Waals surface area (Å²) in [5, 5.41) is 6.79. The van der Waals surface area contributed by atoms with Crippen molar-refractivity contribution < 1.29 is 22.4 Å². The van der Waals surface area contributed by atoms with E-state index in [1.165, 1.54) is 6.26 Å². The summed E-state index contributed by atoms with van der Waals surface area (Å²) in [6.45, 7) is 1.12. The molecule has 140 valence electrons. The second kappa shape index (κ2) is 6.22. The van der Waals surface area contributed by atoms with Gasteiger partial charge in [-0.1, -0.05) is 11.6 Å². The first-order valence-corrected chi connectivity index (χ1v) is 8.68. The number of carbonyl (C=O) groups is 1. The molecule has 4 rings (SSSR count). The number of amides is 1. The molecule has 0 saturated carbocycles. The summed E-state index contributed by atoms with van der Waals surface area (Å²) in [5.74, 6) is -0.0777. The van der Waals surface area contributed by atoms with E-state index in [4.69, 9.17) is 16.0 Å². The SMILES string of the molecule is O=C(c1nn2c(c1Cl)N[C@H](c1ccco1)C[C@H]2C(F)(F)F)N1CCCC1. The minimum Gasteiger partial charge on any atom is -0.467 e. The molecule has 2 aliphatic heterocycles. The number of likely N-dealkylation sites (tertiary alicyclic amines) is 1. The molecule has 2 aliphatic rings. The topological polar surface area (TPSA) is 63.3 Å². The van der Waals surface area contributed by atoms with E-state index in [1.54, 1.807) is 17.0 Å². The molecular formula is C16H16ClF3N4O2. The van der Waals surface area contributed by atoms with Crippen molar-refractivity contribution in [2.45, 2.75) is 37.5 Å². The van der Waals surface area contributed by atoms with Crippen LogP contribution in [0.15, 0.2) is 22.8 Å². The average molecular weight is 389 g/mol. The van der Waals surface area contributed by atoms with Crippen LogP contribution in [0.3, 0.4) is 0 Å². The van der Waals surface area contributed by atoms with Crippen LogP contribution in [0.4, 0.5) is 19.0 Å². The van der Waals surface area contributed by atoms with Crippen LogP contribution < -0.4 is 5.32 Å². The number of hydrogen-bond donors (Lipinski definition) is 1. The lowest BCUT2D eigenvalue weighted by Crippen LogP contribution is -2.35. The van der Waals surface area contributed by atoms with Crippen molar-refractivity contribution in [1.29, 1.82) is 0 Å². The van der Waals surface area contributed by atoms with Gasteiger partial charge in [-0.05, 0) is 25.0 Å². The molecule has 0 aromatic carbocycles. The number of nitrogens with one attached hydrogen (secondary N) is 1. The summed E-state index contributed by atoms with van der Waals surface area (Å²) in [7, 11) is 0. The summed E-state index contributed by atoms with van der Waals surface area (Å²) in [6, 6.07) is 0.594. The van der Waals surface area contributed by atoms with Gasteiger partial charge in [0.15, 0.2) is 11.7 Å². The Morgan fingerprint density at radius 1 is 1.35 bits per heavy atom. The van der Waals surface area contributed by atoms with Gasteiger partial charge in [-0.25, -0.2) is 4.68 Å². The molecule has 1 fully saturated rings. The molecule has 4 heterocycles. The van der Waals surface area contributed by atoms with Crippen LogP contribution in [0, 0.1) is 0 Å². The molecule has 0 unspecified atom stereocenters. The Balaban J connectivity index is 1.74. The van der Waals surface area contributed by atoms with Crippen molar-refractivity contribution in [2.75, 3.05) is 18.4 Å². The maximum atomic E-state index is 13.6. The molecule has 0 aliphatic carbocycles. The Bertz CT molecular complexity index is 812. The van der Waals surface area contributed by atoms with Crippen LogP contribution in [0.25, 0.3) is 0 Å². The molecule has 26 heavy (non-hydrogen) atoms. The van der Waals surface area contributed by atoms with E-state index in [9.17, 15) is 18.0 Å². The van der Waals surface area contributed by atoms with Crippen LogP contribution in [-0.2, 0) is 0 Å². The van der Waals surface area contributed by atoms with E-state index >= 15 is 0 Å². The van der Waals surface area contributed by atoms with Crippen molar-refractivity contribution in [3.05, 3.63) is 34.9 Å². The molecular weight excluding hydrogens is 373 g/mol. The predicted octanol–water partition coefficient (Wildman–Crippen LogP) is 4.03. The molecule has 6 nitrogen and oxygen atoms in total. The number of nitrogens with zero attached hydrogens (tertiary/aromatic N) is 3. The maximum absolute atomic E-state index is 13.6. The van der Waals surface area contributed by atoms with Crippen molar-refractivity contribution in [3.63, 3.8) is 0 Å². The van der Waals surface area contributed by atoms with Gasteiger partial charge >= 0.3 is 6.18 Å². The molecule has 0 radical (unpaired) electrons. The lowest BCUT2D eigenvalue weighted by atomic mass is 10.0. The van der Waals surface area contributed by atoms with Gasteiger partial charge in [0.2, 0.25) is 0 Å². The number of rotatable bonds is 2. The van der Waals surface area contributed by atoms with E-state index in [0.717, 1.165) is 17.5 Å². The second-order valence-electron chi connectivity index (χ2n) is 6.46. The highest BCUT2D eigenvalue weighted by Gasteiger charge is 2.48. The van der Waals surface area contributed by atoms with Crippen molar-refractivity contribution >= 4 is 23.3 Å². The molecule has 10 heteroatoms. The smallest absolute Gasteiger partial charge is 0.410 e. The normalized spacial score (nSPS) is 23.0. The number of carbonyl (C=O) groups excluding carboxylic acids is 1. The van der Waals surface area contributed by atoms with E-state index in [2.05, 4.69) is 10.4 Å². The van der Waals surface area contributed by atoms with Gasteiger partial charge in [-0.3, -0.25) is 4.79 Å². The predicted molar refractivity (Wildman–Crippen MR) is 87.2 cm³/mol. The fourth-order valence-electron chi connectivity index (χ4n) is 3.47. The number of hydrogen-bond acceptors (Lipinski definition) is 4. The summed E-state index contributed by atoms with van der Waals surface area (Å²) >= 11 is 6.27.